The van der Waals surface area contributed by atoms with Crippen LogP contribution in [-0.2, 0) is 11.3 Å². The summed E-state index contributed by atoms with van der Waals surface area (Å²) in [5.41, 5.74) is 1.65. The Labute approximate surface area is 165 Å². The van der Waals surface area contributed by atoms with Gasteiger partial charge in [0.05, 0.1) is 18.6 Å². The van der Waals surface area contributed by atoms with Crippen molar-refractivity contribution >= 4 is 40.3 Å². The molecule has 1 fully saturated rings. The first-order chi connectivity index (χ1) is 13.0. The van der Waals surface area contributed by atoms with Crippen molar-refractivity contribution in [2.75, 3.05) is 13.9 Å². The van der Waals surface area contributed by atoms with E-state index in [1.807, 2.05) is 18.2 Å². The van der Waals surface area contributed by atoms with Crippen LogP contribution in [0.3, 0.4) is 0 Å². The topological polar surface area (TPSA) is 68.2 Å². The molecule has 0 radical (unpaired) electrons. The van der Waals surface area contributed by atoms with Crippen LogP contribution in [0.2, 0.25) is 0 Å². The quantitative estimate of drug-likeness (QED) is 0.621. The molecule has 0 saturated carbocycles. The van der Waals surface area contributed by atoms with Gasteiger partial charge in [0.25, 0.3) is 5.91 Å². The number of ether oxygens (including phenoxy) is 3. The minimum absolute atomic E-state index is 0.0463. The van der Waals surface area contributed by atoms with E-state index in [1.54, 1.807) is 23.1 Å². The number of rotatable bonds is 4. The summed E-state index contributed by atoms with van der Waals surface area (Å²) in [6.07, 6.45) is 1.74. The van der Waals surface area contributed by atoms with Gasteiger partial charge >= 0.3 is 0 Å². The van der Waals surface area contributed by atoms with Crippen LogP contribution in [0.4, 0.5) is 0 Å². The average Bonchev–Trinajstić information content (AvgIpc) is 3.23. The van der Waals surface area contributed by atoms with Crippen LogP contribution >= 0.6 is 24.0 Å². The zero-order chi connectivity index (χ0) is 19.0. The third kappa shape index (κ3) is 3.45. The lowest BCUT2D eigenvalue weighted by molar-refractivity contribution is -0.122. The zero-order valence-electron chi connectivity index (χ0n) is 14.3. The van der Waals surface area contributed by atoms with Gasteiger partial charge in [-0.2, -0.15) is 0 Å². The lowest BCUT2D eigenvalue weighted by atomic mass is 10.1. The Bertz CT molecular complexity index is 973. The first-order valence-electron chi connectivity index (χ1n) is 8.06. The van der Waals surface area contributed by atoms with Gasteiger partial charge in [0.2, 0.25) is 6.79 Å². The molecule has 27 heavy (non-hydrogen) atoms. The molecule has 0 aromatic heterocycles. The molecule has 0 atom stereocenters. The van der Waals surface area contributed by atoms with E-state index < -0.39 is 0 Å². The molecule has 0 aliphatic carbocycles. The van der Waals surface area contributed by atoms with Gasteiger partial charge in [-0.05, 0) is 41.5 Å². The third-order valence-electron chi connectivity index (χ3n) is 4.15. The Hall–Kier alpha value is -2.71. The molecule has 4 rings (SSSR count). The van der Waals surface area contributed by atoms with Crippen molar-refractivity contribution in [3.8, 4) is 23.0 Å². The maximum absolute atomic E-state index is 12.8. The SMILES string of the molecule is COc1cc(C=C2SC(=S)N(Cc3ccc4c(c3)OCO4)C2=O)ccc1O. The maximum atomic E-state index is 12.8. The lowest BCUT2D eigenvalue weighted by Gasteiger charge is -2.14. The molecule has 0 unspecified atom stereocenters. The Morgan fingerprint density at radius 2 is 2.07 bits per heavy atom. The first-order valence-corrected chi connectivity index (χ1v) is 9.28. The van der Waals surface area contributed by atoms with Crippen LogP contribution in [0.5, 0.6) is 23.0 Å². The molecule has 0 bridgehead atoms. The number of methoxy groups -OCH3 is 1. The Balaban J connectivity index is 1.55. The van der Waals surface area contributed by atoms with Crippen molar-refractivity contribution in [3.63, 3.8) is 0 Å². The highest BCUT2D eigenvalue weighted by molar-refractivity contribution is 8.26. The van der Waals surface area contributed by atoms with E-state index in [9.17, 15) is 9.90 Å². The molecular weight excluding hydrogens is 386 g/mol. The number of benzene rings is 2. The number of hydrogen-bond acceptors (Lipinski definition) is 7. The minimum atomic E-state index is -0.158. The molecule has 2 aromatic carbocycles. The van der Waals surface area contributed by atoms with Gasteiger partial charge < -0.3 is 19.3 Å². The fraction of sp³-hybridized carbons (Fsp3) is 0.158. The van der Waals surface area contributed by atoms with Crippen LogP contribution in [0.25, 0.3) is 6.08 Å². The first kappa shape index (κ1) is 17.7. The van der Waals surface area contributed by atoms with Crippen molar-refractivity contribution in [1.29, 1.82) is 0 Å². The molecule has 2 aliphatic rings. The Kier molecular flexibility index (Phi) is 4.67. The van der Waals surface area contributed by atoms with Gasteiger partial charge in [0.1, 0.15) is 4.32 Å². The highest BCUT2D eigenvalue weighted by atomic mass is 32.2. The van der Waals surface area contributed by atoms with Crippen molar-refractivity contribution in [2.24, 2.45) is 0 Å². The second-order valence-corrected chi connectivity index (χ2v) is 7.56. The van der Waals surface area contributed by atoms with Gasteiger partial charge in [-0.15, -0.1) is 0 Å². The van der Waals surface area contributed by atoms with Gasteiger partial charge in [-0.3, -0.25) is 9.69 Å². The van der Waals surface area contributed by atoms with Crippen molar-refractivity contribution in [3.05, 3.63) is 52.4 Å². The van der Waals surface area contributed by atoms with E-state index in [0.29, 0.717) is 33.0 Å². The molecule has 0 spiro atoms. The maximum Gasteiger partial charge on any atom is 0.266 e. The number of phenolic OH excluding ortho intramolecular Hbond substituents is 1. The smallest absolute Gasteiger partial charge is 0.266 e. The number of fused-ring (bicyclic) bond motifs is 1. The van der Waals surface area contributed by atoms with E-state index in [4.69, 9.17) is 26.4 Å². The number of aromatic hydroxyl groups is 1. The summed E-state index contributed by atoms with van der Waals surface area (Å²) in [6, 6.07) is 10.5. The van der Waals surface area contributed by atoms with Crippen LogP contribution in [-0.4, -0.2) is 34.1 Å². The normalized spacial score (nSPS) is 17.1. The molecule has 6 nitrogen and oxygen atoms in total. The fourth-order valence-electron chi connectivity index (χ4n) is 2.79. The zero-order valence-corrected chi connectivity index (χ0v) is 15.9. The highest BCUT2D eigenvalue weighted by Gasteiger charge is 2.32. The van der Waals surface area contributed by atoms with E-state index >= 15 is 0 Å². The molecule has 138 valence electrons. The molecule has 2 heterocycles. The van der Waals surface area contributed by atoms with Crippen LogP contribution in [0.1, 0.15) is 11.1 Å². The molecule has 1 saturated heterocycles. The number of thioether (sulfide) groups is 1. The largest absolute Gasteiger partial charge is 0.504 e. The second kappa shape index (κ2) is 7.13. The summed E-state index contributed by atoms with van der Waals surface area (Å²) >= 11 is 6.63. The lowest BCUT2D eigenvalue weighted by Crippen LogP contribution is -2.27. The minimum Gasteiger partial charge on any atom is -0.504 e. The van der Waals surface area contributed by atoms with Crippen molar-refractivity contribution in [2.45, 2.75) is 6.54 Å². The predicted octanol–water partition coefficient (Wildman–Crippen LogP) is 3.53. The van der Waals surface area contributed by atoms with E-state index in [0.717, 1.165) is 11.1 Å². The van der Waals surface area contributed by atoms with Crippen molar-refractivity contribution < 1.29 is 24.1 Å². The summed E-state index contributed by atoms with van der Waals surface area (Å²) < 4.78 is 16.3. The van der Waals surface area contributed by atoms with Gasteiger partial charge in [0.15, 0.2) is 23.0 Å². The standard InChI is InChI=1S/C19H15NO5S2/c1-23-15-6-11(2-4-13(15)21)8-17-18(22)20(19(26)27-17)9-12-3-5-14-16(7-12)25-10-24-14/h2-8,21H,9-10H2,1H3. The number of thiocarbonyl (C=S) groups is 1. The number of phenols is 1. The molecule has 2 aliphatic heterocycles. The molecule has 1 N–H and O–H groups in total. The van der Waals surface area contributed by atoms with Gasteiger partial charge in [-0.1, -0.05) is 36.1 Å². The summed E-state index contributed by atoms with van der Waals surface area (Å²) in [5.74, 6) is 1.61. The summed E-state index contributed by atoms with van der Waals surface area (Å²) in [6.45, 7) is 0.566. The fourth-order valence-corrected chi connectivity index (χ4v) is 4.05. The van der Waals surface area contributed by atoms with Crippen molar-refractivity contribution in [1.82, 2.24) is 4.90 Å². The van der Waals surface area contributed by atoms with E-state index in [1.165, 1.54) is 24.9 Å². The number of nitrogens with zero attached hydrogens (tertiary/aromatic N) is 1. The van der Waals surface area contributed by atoms with E-state index in [2.05, 4.69) is 0 Å². The van der Waals surface area contributed by atoms with E-state index in [-0.39, 0.29) is 18.4 Å². The third-order valence-corrected chi connectivity index (χ3v) is 5.53. The monoisotopic (exact) mass is 401 g/mol. The molecule has 1 amide bonds. The molecule has 8 heteroatoms. The van der Waals surface area contributed by atoms with Crippen LogP contribution in [0, 0.1) is 0 Å². The molecular formula is C19H15NO5S2. The number of hydrogen-bond donors (Lipinski definition) is 1. The Morgan fingerprint density at radius 3 is 2.89 bits per heavy atom. The highest BCUT2D eigenvalue weighted by Crippen LogP contribution is 2.37. The van der Waals surface area contributed by atoms with Crippen LogP contribution < -0.4 is 14.2 Å². The Morgan fingerprint density at radius 1 is 1.26 bits per heavy atom. The number of carbonyl (C=O) groups excluding carboxylic acids is 1. The summed E-state index contributed by atoms with van der Waals surface area (Å²) in [4.78, 5) is 14.9. The second-order valence-electron chi connectivity index (χ2n) is 5.89. The van der Waals surface area contributed by atoms with Gasteiger partial charge in [-0.25, -0.2) is 0 Å². The summed E-state index contributed by atoms with van der Waals surface area (Å²) in [5, 5.41) is 9.70. The number of carbonyl (C=O) groups is 1. The molecule has 2 aromatic rings. The van der Waals surface area contributed by atoms with Crippen LogP contribution in [0.15, 0.2) is 41.3 Å². The predicted molar refractivity (Wildman–Crippen MR) is 106 cm³/mol. The summed E-state index contributed by atoms with van der Waals surface area (Å²) in [7, 11) is 1.48. The number of amides is 1. The average molecular weight is 401 g/mol. The van der Waals surface area contributed by atoms with Gasteiger partial charge in [0, 0.05) is 0 Å².